The lowest BCUT2D eigenvalue weighted by atomic mass is 10.00. The van der Waals surface area contributed by atoms with Gasteiger partial charge in [-0.15, -0.1) is 0 Å². The van der Waals surface area contributed by atoms with Crippen LogP contribution >= 0.6 is 0 Å². The van der Waals surface area contributed by atoms with Crippen molar-refractivity contribution < 1.29 is 19.4 Å². The number of methoxy groups -OCH3 is 1. The van der Waals surface area contributed by atoms with Crippen LogP contribution in [0.1, 0.15) is 13.3 Å². The van der Waals surface area contributed by atoms with Crippen molar-refractivity contribution in [3.05, 3.63) is 11.8 Å². The monoisotopic (exact) mass is 172 g/mol. The molecule has 0 aliphatic carbocycles. The minimum Gasteiger partial charge on any atom is -0.504 e. The van der Waals surface area contributed by atoms with Gasteiger partial charge in [0.05, 0.1) is 18.9 Å². The number of aliphatic carboxylic acids is 1. The SMILES string of the molecule is COC=C(C(=O)O)C(C)CC=O. The van der Waals surface area contributed by atoms with Crippen molar-refractivity contribution in [2.75, 3.05) is 7.11 Å². The van der Waals surface area contributed by atoms with E-state index < -0.39 is 5.97 Å². The zero-order valence-electron chi connectivity index (χ0n) is 7.11. The summed E-state index contributed by atoms with van der Waals surface area (Å²) in [4.78, 5) is 20.6. The molecule has 0 radical (unpaired) electrons. The van der Waals surface area contributed by atoms with E-state index in [4.69, 9.17) is 5.11 Å². The second-order valence-corrected chi connectivity index (χ2v) is 2.42. The van der Waals surface area contributed by atoms with Crippen molar-refractivity contribution in [3.63, 3.8) is 0 Å². The summed E-state index contributed by atoms with van der Waals surface area (Å²) in [5.41, 5.74) is 0.115. The highest BCUT2D eigenvalue weighted by Gasteiger charge is 2.15. The third kappa shape index (κ3) is 3.18. The highest BCUT2D eigenvalue weighted by molar-refractivity contribution is 5.87. The Morgan fingerprint density at radius 3 is 2.58 bits per heavy atom. The van der Waals surface area contributed by atoms with E-state index in [1.54, 1.807) is 6.92 Å². The topological polar surface area (TPSA) is 63.6 Å². The van der Waals surface area contributed by atoms with E-state index >= 15 is 0 Å². The van der Waals surface area contributed by atoms with Crippen LogP contribution in [0.15, 0.2) is 11.8 Å². The number of hydrogen-bond acceptors (Lipinski definition) is 3. The number of aldehydes is 1. The minimum absolute atomic E-state index is 0.115. The standard InChI is InChI=1S/C8H12O4/c1-6(3-4-9)7(5-12-2)8(10)11/h4-6H,3H2,1-2H3,(H,10,11). The smallest absolute Gasteiger partial charge is 0.334 e. The normalized spacial score (nSPS) is 13.7. The van der Waals surface area contributed by atoms with Crippen LogP contribution in [0, 0.1) is 5.92 Å². The van der Waals surface area contributed by atoms with Crippen LogP contribution in [0.2, 0.25) is 0 Å². The number of carboxylic acid groups (broad SMARTS) is 1. The first-order chi connectivity index (χ1) is 5.63. The molecule has 1 unspecified atom stereocenters. The van der Waals surface area contributed by atoms with E-state index in [-0.39, 0.29) is 17.9 Å². The Morgan fingerprint density at radius 2 is 2.25 bits per heavy atom. The number of carboxylic acids is 1. The molecule has 0 aromatic heterocycles. The molecule has 0 aliphatic heterocycles. The van der Waals surface area contributed by atoms with E-state index in [0.717, 1.165) is 6.26 Å². The molecule has 0 spiro atoms. The highest BCUT2D eigenvalue weighted by Crippen LogP contribution is 2.13. The third-order valence-corrected chi connectivity index (χ3v) is 1.47. The summed E-state index contributed by atoms with van der Waals surface area (Å²) < 4.78 is 4.57. The molecule has 0 aromatic rings. The second kappa shape index (κ2) is 5.35. The van der Waals surface area contributed by atoms with Crippen molar-refractivity contribution in [2.24, 2.45) is 5.92 Å². The van der Waals surface area contributed by atoms with Gasteiger partial charge in [-0.05, 0) is 5.92 Å². The predicted octanol–water partition coefficient (Wildman–Crippen LogP) is 0.826. The first kappa shape index (κ1) is 10.7. The molecule has 0 saturated heterocycles. The van der Waals surface area contributed by atoms with Gasteiger partial charge in [-0.25, -0.2) is 4.79 Å². The summed E-state index contributed by atoms with van der Waals surface area (Å²) >= 11 is 0. The summed E-state index contributed by atoms with van der Waals surface area (Å²) in [5, 5.41) is 8.64. The van der Waals surface area contributed by atoms with Gasteiger partial charge in [0, 0.05) is 6.42 Å². The fourth-order valence-electron chi connectivity index (χ4n) is 0.776. The predicted molar refractivity (Wildman–Crippen MR) is 42.6 cm³/mol. The van der Waals surface area contributed by atoms with E-state index in [2.05, 4.69) is 4.74 Å². The molecule has 1 atom stereocenters. The van der Waals surface area contributed by atoms with Crippen molar-refractivity contribution in [1.29, 1.82) is 0 Å². The van der Waals surface area contributed by atoms with Gasteiger partial charge in [0.15, 0.2) is 0 Å². The molecule has 0 fully saturated rings. The molecule has 0 bridgehead atoms. The Labute approximate surface area is 70.8 Å². The Balaban J connectivity index is 4.39. The molecule has 4 nitrogen and oxygen atoms in total. The third-order valence-electron chi connectivity index (χ3n) is 1.47. The maximum Gasteiger partial charge on any atom is 0.334 e. The Hall–Kier alpha value is -1.32. The molecule has 12 heavy (non-hydrogen) atoms. The minimum atomic E-state index is -1.05. The van der Waals surface area contributed by atoms with E-state index in [9.17, 15) is 9.59 Å². The largest absolute Gasteiger partial charge is 0.504 e. The van der Waals surface area contributed by atoms with Crippen LogP contribution in [0.5, 0.6) is 0 Å². The molecule has 0 amide bonds. The molecule has 0 aliphatic rings. The van der Waals surface area contributed by atoms with Gasteiger partial charge in [0.1, 0.15) is 6.29 Å². The summed E-state index contributed by atoms with van der Waals surface area (Å²) in [6.07, 6.45) is 2.04. The molecule has 4 heteroatoms. The quantitative estimate of drug-likeness (QED) is 0.379. The number of ether oxygens (including phenoxy) is 1. The van der Waals surface area contributed by atoms with Gasteiger partial charge in [-0.1, -0.05) is 6.92 Å². The van der Waals surface area contributed by atoms with Crippen LogP contribution in [-0.2, 0) is 14.3 Å². The van der Waals surface area contributed by atoms with Crippen LogP contribution in [-0.4, -0.2) is 24.5 Å². The lowest BCUT2D eigenvalue weighted by Gasteiger charge is -2.07. The maximum atomic E-state index is 10.5. The number of rotatable bonds is 5. The Kier molecular flexibility index (Phi) is 4.76. The van der Waals surface area contributed by atoms with Crippen molar-refractivity contribution in [3.8, 4) is 0 Å². The van der Waals surface area contributed by atoms with E-state index in [0.29, 0.717) is 6.29 Å². The Morgan fingerprint density at radius 1 is 1.67 bits per heavy atom. The maximum absolute atomic E-state index is 10.5. The zero-order chi connectivity index (χ0) is 9.56. The second-order valence-electron chi connectivity index (χ2n) is 2.42. The first-order valence-electron chi connectivity index (χ1n) is 3.53. The van der Waals surface area contributed by atoms with Crippen LogP contribution in [0.25, 0.3) is 0 Å². The van der Waals surface area contributed by atoms with Gasteiger partial charge >= 0.3 is 5.97 Å². The van der Waals surface area contributed by atoms with Gasteiger partial charge in [-0.2, -0.15) is 0 Å². The molecule has 68 valence electrons. The highest BCUT2D eigenvalue weighted by atomic mass is 16.5. The van der Waals surface area contributed by atoms with Gasteiger partial charge in [0.25, 0.3) is 0 Å². The summed E-state index contributed by atoms with van der Waals surface area (Å²) in [6, 6.07) is 0. The summed E-state index contributed by atoms with van der Waals surface area (Å²) in [6.45, 7) is 1.66. The first-order valence-corrected chi connectivity index (χ1v) is 3.53. The van der Waals surface area contributed by atoms with Gasteiger partial charge < -0.3 is 14.6 Å². The Bertz CT molecular complexity index is 195. The van der Waals surface area contributed by atoms with Gasteiger partial charge in [-0.3, -0.25) is 0 Å². The van der Waals surface area contributed by atoms with Gasteiger partial charge in [0.2, 0.25) is 0 Å². The fraction of sp³-hybridized carbons (Fsp3) is 0.500. The molecule has 1 N–H and O–H groups in total. The van der Waals surface area contributed by atoms with Crippen LogP contribution < -0.4 is 0 Å². The average molecular weight is 172 g/mol. The lowest BCUT2D eigenvalue weighted by molar-refractivity contribution is -0.133. The lowest BCUT2D eigenvalue weighted by Crippen LogP contribution is -2.10. The average Bonchev–Trinajstić information content (AvgIpc) is 1.99. The van der Waals surface area contributed by atoms with Crippen molar-refractivity contribution in [1.82, 2.24) is 0 Å². The number of carbonyl (C=O) groups is 2. The summed E-state index contributed by atoms with van der Waals surface area (Å²) in [7, 11) is 1.37. The molecular formula is C8H12O4. The molecule has 0 heterocycles. The van der Waals surface area contributed by atoms with E-state index in [1.807, 2.05) is 0 Å². The molecular weight excluding hydrogens is 160 g/mol. The number of hydrogen-bond donors (Lipinski definition) is 1. The molecule has 0 saturated carbocycles. The van der Waals surface area contributed by atoms with Crippen LogP contribution in [0.4, 0.5) is 0 Å². The molecule has 0 rings (SSSR count). The molecule has 0 aromatic carbocycles. The fourth-order valence-corrected chi connectivity index (χ4v) is 0.776. The zero-order valence-corrected chi connectivity index (χ0v) is 7.11. The van der Waals surface area contributed by atoms with E-state index in [1.165, 1.54) is 7.11 Å². The van der Waals surface area contributed by atoms with Crippen molar-refractivity contribution >= 4 is 12.3 Å². The van der Waals surface area contributed by atoms with Crippen LogP contribution in [0.3, 0.4) is 0 Å². The van der Waals surface area contributed by atoms with Crippen molar-refractivity contribution in [2.45, 2.75) is 13.3 Å². The summed E-state index contributed by atoms with van der Waals surface area (Å²) in [5.74, 6) is -1.36. The number of carbonyl (C=O) groups excluding carboxylic acids is 1.